The van der Waals surface area contributed by atoms with Crippen LogP contribution >= 0.6 is 22.6 Å². The van der Waals surface area contributed by atoms with Gasteiger partial charge in [0.2, 0.25) is 0 Å². The highest BCUT2D eigenvalue weighted by Gasteiger charge is 1.91. The van der Waals surface area contributed by atoms with Crippen molar-refractivity contribution >= 4 is 22.6 Å². The summed E-state index contributed by atoms with van der Waals surface area (Å²) in [5.41, 5.74) is 22.9. The second kappa shape index (κ2) is 10.1. The summed E-state index contributed by atoms with van der Waals surface area (Å²) in [6, 6.07) is 8.39. The van der Waals surface area contributed by atoms with Crippen LogP contribution in [0.3, 0.4) is 0 Å². The molecule has 7 heteroatoms. The molecule has 0 radical (unpaired) electrons. The lowest BCUT2D eigenvalue weighted by atomic mass is 10.1. The second-order valence-corrected chi connectivity index (χ2v) is 4.02. The highest BCUT2D eigenvalue weighted by atomic mass is 127. The van der Waals surface area contributed by atoms with E-state index < -0.39 is 0 Å². The van der Waals surface area contributed by atoms with Gasteiger partial charge in [-0.15, -0.1) is 0 Å². The Morgan fingerprint density at radius 3 is 2.19 bits per heavy atom. The van der Waals surface area contributed by atoms with Gasteiger partial charge < -0.3 is 11.1 Å². The number of benzene rings is 1. The molecule has 6 nitrogen and oxygen atoms in total. The Hall–Kier alpha value is -1.43. The van der Waals surface area contributed by atoms with Crippen molar-refractivity contribution < 1.29 is 0 Å². The number of hydrogen-bond acceptors (Lipinski definition) is 1. The average Bonchev–Trinajstić information content (AvgIpc) is 2.28. The molecule has 1 aromatic carbocycles. The first kappa shape index (κ1) is 14.6. The molecule has 1 aromatic rings. The Morgan fingerprint density at radius 2 is 1.69 bits per heavy atom. The Balaban J connectivity index is 0.000000673. The minimum Gasteiger partial charge on any atom is -0.373 e. The van der Waals surface area contributed by atoms with Gasteiger partial charge in [0.25, 0.3) is 0 Å². The molecule has 0 N–H and O–H groups in total. The fourth-order valence-electron chi connectivity index (χ4n) is 1.05. The van der Waals surface area contributed by atoms with Crippen molar-refractivity contribution in [2.24, 2.45) is 5.11 Å². The average molecular weight is 329 g/mol. The van der Waals surface area contributed by atoms with E-state index in [0.717, 1.165) is 12.8 Å². The molecule has 0 amide bonds. The maximum absolute atomic E-state index is 8.06. The van der Waals surface area contributed by atoms with E-state index in [9.17, 15) is 0 Å². The van der Waals surface area contributed by atoms with Crippen LogP contribution in [0.1, 0.15) is 12.0 Å². The van der Waals surface area contributed by atoms with E-state index in [1.54, 1.807) is 0 Å². The van der Waals surface area contributed by atoms with Crippen LogP contribution < -0.4 is 0 Å². The van der Waals surface area contributed by atoms with E-state index in [2.05, 4.69) is 56.9 Å². The van der Waals surface area contributed by atoms with Gasteiger partial charge in [0, 0.05) is 15.0 Å². The summed E-state index contributed by atoms with van der Waals surface area (Å²) >= 11 is 2.28. The van der Waals surface area contributed by atoms with Crippen molar-refractivity contribution in [1.29, 1.82) is 0 Å². The number of nitrogens with zero attached hydrogens (tertiary/aromatic N) is 6. The molecule has 0 bridgehead atoms. The molecule has 0 heterocycles. The van der Waals surface area contributed by atoms with Gasteiger partial charge in [0.15, 0.2) is 0 Å². The van der Waals surface area contributed by atoms with Crippen LogP contribution in [0, 0.1) is 3.57 Å². The van der Waals surface area contributed by atoms with Crippen molar-refractivity contribution in [2.45, 2.75) is 12.8 Å². The van der Waals surface area contributed by atoms with Gasteiger partial charge in [-0.2, -0.15) is 0 Å². The fraction of sp³-hybridized carbons (Fsp3) is 0.333. The molecule has 0 atom stereocenters. The van der Waals surface area contributed by atoms with Gasteiger partial charge >= 0.3 is 0 Å². The molecule has 0 fully saturated rings. The molecule has 84 valence electrons. The molecule has 0 aliphatic rings. The molecule has 0 aromatic heterocycles. The minimum atomic E-state index is 0.586. The predicted octanol–water partition coefficient (Wildman–Crippen LogP) is 4.40. The highest BCUT2D eigenvalue weighted by Crippen LogP contribution is 2.08. The van der Waals surface area contributed by atoms with Crippen LogP contribution in [0.2, 0.25) is 0 Å². The van der Waals surface area contributed by atoms with Gasteiger partial charge in [-0.05, 0) is 58.7 Å². The number of halogens is 1. The standard InChI is InChI=1S/C9H10IN3.N3/c10-9-5-3-8(4-6-9)2-1-7-12-13-11;1-3-2/h3-6H,1-2,7H2;/q;-1. The maximum atomic E-state index is 8.06. The summed E-state index contributed by atoms with van der Waals surface area (Å²) in [6.45, 7) is 0.586. The van der Waals surface area contributed by atoms with Crippen LogP contribution in [0.4, 0.5) is 0 Å². The van der Waals surface area contributed by atoms with Crippen molar-refractivity contribution in [3.8, 4) is 0 Å². The molecule has 0 unspecified atom stereocenters. The summed E-state index contributed by atoms with van der Waals surface area (Å²) in [6.07, 6.45) is 1.90. The minimum absolute atomic E-state index is 0.586. The van der Waals surface area contributed by atoms with Crippen LogP contribution in [0.5, 0.6) is 0 Å². The van der Waals surface area contributed by atoms with Crippen molar-refractivity contribution in [3.05, 3.63) is 59.8 Å². The maximum Gasteiger partial charge on any atom is 0.0261 e. The molecule has 1 rings (SSSR count). The highest BCUT2D eigenvalue weighted by molar-refractivity contribution is 14.1. The Bertz CT molecular complexity index is 375. The Kier molecular flexibility index (Phi) is 9.20. The van der Waals surface area contributed by atoms with E-state index >= 15 is 0 Å². The number of aryl methyl sites for hydroxylation is 1. The molecule has 0 saturated heterocycles. The van der Waals surface area contributed by atoms with E-state index in [1.165, 1.54) is 14.0 Å². The summed E-state index contributed by atoms with van der Waals surface area (Å²) in [5, 5.41) is 3.48. The normalized spacial score (nSPS) is 8.06. The third-order valence-electron chi connectivity index (χ3n) is 1.70. The predicted molar refractivity (Wildman–Crippen MR) is 71.6 cm³/mol. The molecule has 16 heavy (non-hydrogen) atoms. The molecule has 0 aliphatic carbocycles. The third kappa shape index (κ3) is 7.93. The summed E-state index contributed by atoms with van der Waals surface area (Å²) in [7, 11) is 0. The Morgan fingerprint density at radius 1 is 1.12 bits per heavy atom. The molecule has 0 aliphatic heterocycles. The molecular weight excluding hydrogens is 319 g/mol. The van der Waals surface area contributed by atoms with E-state index in [0.29, 0.717) is 6.54 Å². The van der Waals surface area contributed by atoms with Gasteiger partial charge in [0.05, 0.1) is 0 Å². The van der Waals surface area contributed by atoms with Crippen LogP contribution in [-0.2, 0) is 6.42 Å². The first-order valence-electron chi connectivity index (χ1n) is 4.48. The van der Waals surface area contributed by atoms with Gasteiger partial charge in [-0.25, -0.2) is 0 Å². The summed E-state index contributed by atoms with van der Waals surface area (Å²) < 4.78 is 1.25. The lowest BCUT2D eigenvalue weighted by Crippen LogP contribution is -1.87. The number of azide groups is 1. The van der Waals surface area contributed by atoms with Crippen LogP contribution in [0.25, 0.3) is 26.4 Å². The largest absolute Gasteiger partial charge is 0.373 e. The van der Waals surface area contributed by atoms with Crippen molar-refractivity contribution in [3.63, 3.8) is 0 Å². The lowest BCUT2D eigenvalue weighted by molar-refractivity contribution is 0.827. The first-order chi connectivity index (χ1) is 7.74. The first-order valence-corrected chi connectivity index (χ1v) is 5.56. The van der Waals surface area contributed by atoms with E-state index in [1.807, 2.05) is 0 Å². The molecular formula is C9H10IN6-. The monoisotopic (exact) mass is 329 g/mol. The fourth-order valence-corrected chi connectivity index (χ4v) is 1.41. The smallest absolute Gasteiger partial charge is 0.0261 e. The number of hydrogen-bond donors (Lipinski definition) is 0. The second-order valence-electron chi connectivity index (χ2n) is 2.77. The van der Waals surface area contributed by atoms with Crippen molar-refractivity contribution in [1.82, 2.24) is 0 Å². The van der Waals surface area contributed by atoms with Gasteiger partial charge in [-0.3, -0.25) is 4.91 Å². The van der Waals surface area contributed by atoms with E-state index in [4.69, 9.17) is 16.6 Å². The third-order valence-corrected chi connectivity index (χ3v) is 2.42. The summed E-state index contributed by atoms with van der Waals surface area (Å²) in [5.74, 6) is 0. The Labute approximate surface area is 107 Å². The molecule has 0 spiro atoms. The quantitative estimate of drug-likeness (QED) is 0.257. The zero-order chi connectivity index (χ0) is 12.2. The molecule has 0 saturated carbocycles. The van der Waals surface area contributed by atoms with Crippen molar-refractivity contribution in [2.75, 3.05) is 6.54 Å². The SMILES string of the molecule is [N-]=[N+]=NCCCc1ccc(I)cc1.[N-]=[N+]=[N-]. The summed E-state index contributed by atoms with van der Waals surface area (Å²) in [4.78, 5) is 4.20. The van der Waals surface area contributed by atoms with E-state index in [-0.39, 0.29) is 0 Å². The lowest BCUT2D eigenvalue weighted by Gasteiger charge is -1.98. The zero-order valence-corrected chi connectivity index (χ0v) is 10.6. The zero-order valence-electron chi connectivity index (χ0n) is 8.49. The van der Waals surface area contributed by atoms with Crippen LogP contribution in [0.15, 0.2) is 29.4 Å². The topological polar surface area (TPSA) is 107 Å². The number of rotatable bonds is 4. The van der Waals surface area contributed by atoms with Gasteiger partial charge in [0.1, 0.15) is 0 Å². The van der Waals surface area contributed by atoms with Crippen LogP contribution in [-0.4, -0.2) is 6.54 Å². The van der Waals surface area contributed by atoms with Gasteiger partial charge in [-0.1, -0.05) is 17.2 Å².